The first-order valence-electron chi connectivity index (χ1n) is 8.69. The van der Waals surface area contributed by atoms with Crippen molar-refractivity contribution in [1.29, 1.82) is 0 Å². The van der Waals surface area contributed by atoms with E-state index in [1.165, 1.54) is 11.8 Å². The predicted octanol–water partition coefficient (Wildman–Crippen LogP) is 4.04. The molecule has 9 heteroatoms. The Kier molecular flexibility index (Phi) is 4.94. The van der Waals surface area contributed by atoms with Gasteiger partial charge in [0.25, 0.3) is 5.56 Å². The fraction of sp³-hybridized carbons (Fsp3) is 0.263. The number of hydrogen-bond donors (Lipinski definition) is 1. The lowest BCUT2D eigenvalue weighted by atomic mass is 10.2. The summed E-state index contributed by atoms with van der Waals surface area (Å²) < 4.78 is 7.32. The van der Waals surface area contributed by atoms with Crippen LogP contribution >= 0.6 is 23.1 Å². The minimum absolute atomic E-state index is 0.0968. The first kappa shape index (κ1) is 18.7. The molecule has 0 bridgehead atoms. The van der Waals surface area contributed by atoms with Gasteiger partial charge in [-0.2, -0.15) is 0 Å². The molecular weight excluding hydrogens is 394 g/mol. The Labute approximate surface area is 169 Å². The zero-order chi connectivity index (χ0) is 19.8. The Balaban J connectivity index is 1.69. The molecule has 0 aliphatic heterocycles. The fourth-order valence-corrected chi connectivity index (χ4v) is 4.91. The Bertz CT molecular complexity index is 1210. The summed E-state index contributed by atoms with van der Waals surface area (Å²) in [6, 6.07) is 7.68. The van der Waals surface area contributed by atoms with Gasteiger partial charge < -0.3 is 9.72 Å². The molecule has 0 aliphatic carbocycles. The van der Waals surface area contributed by atoms with Gasteiger partial charge in [-0.25, -0.2) is 4.98 Å². The number of aromatic amines is 1. The number of nitrogens with zero attached hydrogens (tertiary/aromatic N) is 4. The van der Waals surface area contributed by atoms with E-state index in [0.29, 0.717) is 16.4 Å². The third-order valence-electron chi connectivity index (χ3n) is 4.59. The van der Waals surface area contributed by atoms with E-state index in [-0.39, 0.29) is 10.8 Å². The van der Waals surface area contributed by atoms with E-state index in [1.54, 1.807) is 24.8 Å². The second kappa shape index (κ2) is 7.40. The molecule has 0 radical (unpaired) electrons. The van der Waals surface area contributed by atoms with Gasteiger partial charge in [0.05, 0.1) is 23.4 Å². The van der Waals surface area contributed by atoms with Crippen molar-refractivity contribution in [3.8, 4) is 11.4 Å². The number of aryl methyl sites for hydroxylation is 2. The van der Waals surface area contributed by atoms with Gasteiger partial charge in [-0.05, 0) is 38.5 Å². The molecule has 4 rings (SSSR count). The summed E-state index contributed by atoms with van der Waals surface area (Å²) >= 11 is 3.03. The van der Waals surface area contributed by atoms with Gasteiger partial charge in [0.15, 0.2) is 5.16 Å². The maximum atomic E-state index is 12.6. The number of aromatic nitrogens is 5. The highest BCUT2D eigenvalue weighted by Gasteiger charge is 2.19. The lowest BCUT2D eigenvalue weighted by Crippen LogP contribution is -2.12. The van der Waals surface area contributed by atoms with Crippen LogP contribution in [0.5, 0.6) is 5.75 Å². The van der Waals surface area contributed by atoms with E-state index < -0.39 is 0 Å². The lowest BCUT2D eigenvalue weighted by Gasteiger charge is -2.13. The third-order valence-corrected chi connectivity index (χ3v) is 6.75. The summed E-state index contributed by atoms with van der Waals surface area (Å²) in [5.74, 6) is 1.35. The molecule has 144 valence electrons. The van der Waals surface area contributed by atoms with Crippen molar-refractivity contribution in [2.75, 3.05) is 7.11 Å². The number of methoxy groups -OCH3 is 1. The van der Waals surface area contributed by atoms with Gasteiger partial charge in [0.1, 0.15) is 22.7 Å². The van der Waals surface area contributed by atoms with Crippen molar-refractivity contribution in [2.24, 2.45) is 0 Å². The number of nitrogens with one attached hydrogen (secondary N) is 1. The van der Waals surface area contributed by atoms with Crippen LogP contribution in [0.15, 0.2) is 40.5 Å². The van der Waals surface area contributed by atoms with E-state index in [2.05, 4.69) is 15.2 Å². The Morgan fingerprint density at radius 3 is 2.86 bits per heavy atom. The van der Waals surface area contributed by atoms with Gasteiger partial charge in [-0.1, -0.05) is 23.9 Å². The second-order valence-corrected chi connectivity index (χ2v) is 8.84. The number of para-hydroxylation sites is 2. The fourth-order valence-electron chi connectivity index (χ4n) is 2.98. The highest BCUT2D eigenvalue weighted by atomic mass is 32.2. The smallest absolute Gasteiger partial charge is 0.259 e. The van der Waals surface area contributed by atoms with Crippen LogP contribution in [0.3, 0.4) is 0 Å². The average Bonchev–Trinajstić information content (AvgIpc) is 3.26. The number of thioether (sulfide) groups is 1. The molecule has 0 fully saturated rings. The molecule has 1 atom stereocenters. The first-order chi connectivity index (χ1) is 13.5. The summed E-state index contributed by atoms with van der Waals surface area (Å²) in [4.78, 5) is 22.1. The van der Waals surface area contributed by atoms with Crippen molar-refractivity contribution in [1.82, 2.24) is 24.7 Å². The zero-order valence-electron chi connectivity index (χ0n) is 15.9. The molecule has 0 saturated carbocycles. The quantitative estimate of drug-likeness (QED) is 0.497. The van der Waals surface area contributed by atoms with Gasteiger partial charge >= 0.3 is 0 Å². The maximum absolute atomic E-state index is 12.6. The minimum Gasteiger partial charge on any atom is -0.495 e. The molecule has 0 spiro atoms. The van der Waals surface area contributed by atoms with E-state index in [0.717, 1.165) is 26.7 Å². The van der Waals surface area contributed by atoms with E-state index in [9.17, 15) is 4.79 Å². The first-order valence-corrected chi connectivity index (χ1v) is 10.4. The van der Waals surface area contributed by atoms with E-state index >= 15 is 0 Å². The molecule has 0 saturated heterocycles. The number of thiophene rings is 1. The Morgan fingerprint density at radius 2 is 2.07 bits per heavy atom. The van der Waals surface area contributed by atoms with Crippen LogP contribution in [0, 0.1) is 13.8 Å². The molecule has 7 nitrogen and oxygen atoms in total. The number of benzene rings is 1. The largest absolute Gasteiger partial charge is 0.495 e. The lowest BCUT2D eigenvalue weighted by molar-refractivity contribution is 0.412. The van der Waals surface area contributed by atoms with Crippen LogP contribution in [0.25, 0.3) is 15.9 Å². The molecule has 28 heavy (non-hydrogen) atoms. The normalized spacial score (nSPS) is 12.4. The van der Waals surface area contributed by atoms with Gasteiger partial charge in [0, 0.05) is 4.88 Å². The van der Waals surface area contributed by atoms with Crippen molar-refractivity contribution in [2.45, 2.75) is 31.2 Å². The highest BCUT2D eigenvalue weighted by Crippen LogP contribution is 2.35. The summed E-state index contributed by atoms with van der Waals surface area (Å²) in [6.07, 6.45) is 1.65. The molecule has 1 N–H and O–H groups in total. The summed E-state index contributed by atoms with van der Waals surface area (Å²) in [7, 11) is 1.63. The van der Waals surface area contributed by atoms with E-state index in [4.69, 9.17) is 9.72 Å². The standard InChI is InChI=1S/C19H19N5O2S2/c1-10-11(2)27-18-15(10)17(25)21-16(22-18)12(3)28-19-23-20-9-24(19)13-7-5-6-8-14(13)26-4/h5-9,12H,1-4H3,(H,21,22,25). The van der Waals surface area contributed by atoms with Crippen LogP contribution in [-0.2, 0) is 0 Å². The summed E-state index contributed by atoms with van der Waals surface area (Å²) in [6.45, 7) is 5.96. The molecule has 1 aromatic carbocycles. The number of hydrogen-bond acceptors (Lipinski definition) is 7. The number of rotatable bonds is 5. The SMILES string of the molecule is COc1ccccc1-n1cnnc1SC(C)c1nc2sc(C)c(C)c2c(=O)[nH]1. The average molecular weight is 414 g/mol. The van der Waals surface area contributed by atoms with Crippen LogP contribution in [0.1, 0.15) is 28.4 Å². The van der Waals surface area contributed by atoms with Crippen molar-refractivity contribution in [3.05, 3.63) is 57.2 Å². The van der Waals surface area contributed by atoms with Gasteiger partial charge in [-0.15, -0.1) is 21.5 Å². The van der Waals surface area contributed by atoms with Crippen LogP contribution in [0.2, 0.25) is 0 Å². The molecule has 0 amide bonds. The number of fused-ring (bicyclic) bond motifs is 1. The van der Waals surface area contributed by atoms with Crippen molar-refractivity contribution >= 4 is 33.3 Å². The van der Waals surface area contributed by atoms with Crippen LogP contribution in [0.4, 0.5) is 0 Å². The molecule has 4 aromatic rings. The van der Waals surface area contributed by atoms with Crippen molar-refractivity contribution in [3.63, 3.8) is 0 Å². The zero-order valence-corrected chi connectivity index (χ0v) is 17.5. The van der Waals surface area contributed by atoms with Crippen LogP contribution < -0.4 is 10.3 Å². The summed E-state index contributed by atoms with van der Waals surface area (Å²) in [5.41, 5.74) is 1.75. The monoisotopic (exact) mass is 413 g/mol. The molecule has 1 unspecified atom stereocenters. The maximum Gasteiger partial charge on any atom is 0.259 e. The van der Waals surface area contributed by atoms with Crippen molar-refractivity contribution < 1.29 is 4.74 Å². The van der Waals surface area contributed by atoms with E-state index in [1.807, 2.05) is 49.6 Å². The van der Waals surface area contributed by atoms with Crippen LogP contribution in [-0.4, -0.2) is 31.8 Å². The van der Waals surface area contributed by atoms with Gasteiger partial charge in [-0.3, -0.25) is 9.36 Å². The Morgan fingerprint density at radius 1 is 1.29 bits per heavy atom. The Hall–Kier alpha value is -2.65. The molecular formula is C19H19N5O2S2. The molecule has 3 heterocycles. The summed E-state index contributed by atoms with van der Waals surface area (Å²) in [5, 5.41) is 9.55. The molecule has 0 aliphatic rings. The predicted molar refractivity (Wildman–Crippen MR) is 112 cm³/mol. The second-order valence-electron chi connectivity index (χ2n) is 6.33. The number of ether oxygens (including phenoxy) is 1. The third kappa shape index (κ3) is 3.20. The highest BCUT2D eigenvalue weighted by molar-refractivity contribution is 7.99. The minimum atomic E-state index is -0.113. The molecule has 3 aromatic heterocycles. The van der Waals surface area contributed by atoms with Gasteiger partial charge in [0.2, 0.25) is 0 Å². The number of H-pyrrole nitrogens is 1. The topological polar surface area (TPSA) is 85.7 Å².